The van der Waals surface area contributed by atoms with E-state index in [0.717, 1.165) is 21.4 Å². The molecule has 40 heavy (non-hydrogen) atoms. The Morgan fingerprint density at radius 2 is 1.45 bits per heavy atom. The fourth-order valence-electron chi connectivity index (χ4n) is 3.90. The van der Waals surface area contributed by atoms with Crippen LogP contribution in [0.15, 0.2) is 130 Å². The molecule has 7 nitrogen and oxygen atoms in total. The van der Waals surface area contributed by atoms with Gasteiger partial charge in [-0.15, -0.1) is 11.8 Å². The highest BCUT2D eigenvalue weighted by Crippen LogP contribution is 2.23. The average Bonchev–Trinajstić information content (AvgIpc) is 3.50. The van der Waals surface area contributed by atoms with E-state index in [1.54, 1.807) is 48.5 Å². The van der Waals surface area contributed by atoms with E-state index in [1.807, 2.05) is 60.7 Å². The number of rotatable bonds is 9. The second kappa shape index (κ2) is 12.6. The van der Waals surface area contributed by atoms with Crippen molar-refractivity contribution in [1.29, 1.82) is 0 Å². The van der Waals surface area contributed by atoms with Crippen LogP contribution in [-0.4, -0.2) is 23.5 Å². The molecule has 1 heterocycles. The number of amides is 3. The van der Waals surface area contributed by atoms with E-state index in [9.17, 15) is 14.4 Å². The maximum atomic E-state index is 13.1. The van der Waals surface area contributed by atoms with Crippen molar-refractivity contribution in [1.82, 2.24) is 5.32 Å². The largest absolute Gasteiger partial charge is 0.465 e. The minimum atomic E-state index is -0.504. The lowest BCUT2D eigenvalue weighted by Crippen LogP contribution is -2.30. The van der Waals surface area contributed by atoms with Gasteiger partial charge < -0.3 is 20.4 Å². The molecular formula is C32H25N3O4S. The van der Waals surface area contributed by atoms with E-state index in [0.29, 0.717) is 17.0 Å². The molecule has 3 amide bonds. The van der Waals surface area contributed by atoms with Crippen LogP contribution in [0.4, 0.5) is 11.4 Å². The topological polar surface area (TPSA) is 100 Å². The van der Waals surface area contributed by atoms with Gasteiger partial charge in [0.1, 0.15) is 11.5 Å². The Morgan fingerprint density at radius 1 is 0.725 bits per heavy atom. The molecule has 0 atom stereocenters. The van der Waals surface area contributed by atoms with Gasteiger partial charge in [0.05, 0.1) is 12.0 Å². The molecule has 198 valence electrons. The third-order valence-electron chi connectivity index (χ3n) is 5.87. The molecule has 8 heteroatoms. The molecule has 4 aromatic carbocycles. The Kier molecular flexibility index (Phi) is 8.38. The zero-order valence-electron chi connectivity index (χ0n) is 21.3. The van der Waals surface area contributed by atoms with E-state index < -0.39 is 11.8 Å². The molecule has 0 saturated heterocycles. The summed E-state index contributed by atoms with van der Waals surface area (Å²) in [5, 5.41) is 10.6. The third kappa shape index (κ3) is 7.06. The van der Waals surface area contributed by atoms with Gasteiger partial charge in [0.2, 0.25) is 5.91 Å². The SMILES string of the molecule is O=C(CSc1ccc(NC(=O)/C(=C/c2ccco2)NC(=O)c2ccccc2)cc1)Nc1ccc2ccccc2c1. The molecule has 5 aromatic rings. The first-order chi connectivity index (χ1) is 19.5. The summed E-state index contributed by atoms with van der Waals surface area (Å²) in [5.74, 6) is -0.370. The number of thioether (sulfide) groups is 1. The number of benzene rings is 4. The molecule has 0 aliphatic heterocycles. The van der Waals surface area contributed by atoms with E-state index in [-0.39, 0.29) is 17.4 Å². The Labute approximate surface area is 235 Å². The van der Waals surface area contributed by atoms with Crippen molar-refractivity contribution in [3.8, 4) is 0 Å². The van der Waals surface area contributed by atoms with E-state index >= 15 is 0 Å². The summed E-state index contributed by atoms with van der Waals surface area (Å²) >= 11 is 1.39. The zero-order valence-corrected chi connectivity index (χ0v) is 22.1. The van der Waals surface area contributed by atoms with Crippen molar-refractivity contribution in [2.24, 2.45) is 0 Å². The summed E-state index contributed by atoms with van der Waals surface area (Å²) in [7, 11) is 0. The summed E-state index contributed by atoms with van der Waals surface area (Å²) in [6.07, 6.45) is 2.95. The third-order valence-corrected chi connectivity index (χ3v) is 6.89. The molecule has 0 bridgehead atoms. The summed E-state index contributed by atoms with van der Waals surface area (Å²) < 4.78 is 5.33. The first-order valence-electron chi connectivity index (χ1n) is 12.5. The summed E-state index contributed by atoms with van der Waals surface area (Å²) in [6, 6.07) is 32.9. The van der Waals surface area contributed by atoms with Gasteiger partial charge in [-0.1, -0.05) is 48.5 Å². The van der Waals surface area contributed by atoms with Gasteiger partial charge in [-0.3, -0.25) is 14.4 Å². The fraction of sp³-hybridized carbons (Fsp3) is 0.0312. The quantitative estimate of drug-likeness (QED) is 0.143. The van der Waals surface area contributed by atoms with Crippen LogP contribution >= 0.6 is 11.8 Å². The van der Waals surface area contributed by atoms with Crippen LogP contribution in [0.3, 0.4) is 0 Å². The fourth-order valence-corrected chi connectivity index (χ4v) is 4.60. The average molecular weight is 548 g/mol. The number of carbonyl (C=O) groups excluding carboxylic acids is 3. The van der Waals surface area contributed by atoms with Gasteiger partial charge in [-0.2, -0.15) is 0 Å². The summed E-state index contributed by atoms with van der Waals surface area (Å²) in [5.41, 5.74) is 1.74. The number of anilines is 2. The Hall–Kier alpha value is -5.08. The lowest BCUT2D eigenvalue weighted by molar-refractivity contribution is -0.114. The molecule has 1 aromatic heterocycles. The number of nitrogens with one attached hydrogen (secondary N) is 3. The van der Waals surface area contributed by atoms with Crippen molar-refractivity contribution >= 4 is 57.7 Å². The lowest BCUT2D eigenvalue weighted by atomic mass is 10.1. The number of carbonyl (C=O) groups is 3. The highest BCUT2D eigenvalue weighted by Gasteiger charge is 2.16. The molecule has 0 unspecified atom stereocenters. The van der Waals surface area contributed by atoms with Crippen molar-refractivity contribution in [3.63, 3.8) is 0 Å². The van der Waals surface area contributed by atoms with Crippen LogP contribution in [0.5, 0.6) is 0 Å². The van der Waals surface area contributed by atoms with Gasteiger partial charge >= 0.3 is 0 Å². The highest BCUT2D eigenvalue weighted by atomic mass is 32.2. The minimum absolute atomic E-state index is 0.0348. The maximum Gasteiger partial charge on any atom is 0.272 e. The van der Waals surface area contributed by atoms with E-state index in [1.165, 1.54) is 24.1 Å². The normalized spacial score (nSPS) is 11.2. The molecule has 0 radical (unpaired) electrons. The summed E-state index contributed by atoms with van der Waals surface area (Å²) in [4.78, 5) is 39.1. The van der Waals surface area contributed by atoms with Crippen molar-refractivity contribution in [3.05, 3.63) is 132 Å². The molecular weight excluding hydrogens is 522 g/mol. The Morgan fingerprint density at radius 3 is 2.20 bits per heavy atom. The van der Waals surface area contributed by atoms with Crippen LogP contribution in [0.2, 0.25) is 0 Å². The summed E-state index contributed by atoms with van der Waals surface area (Å²) in [6.45, 7) is 0. The molecule has 5 rings (SSSR count). The number of furan rings is 1. The predicted octanol–water partition coefficient (Wildman–Crippen LogP) is 6.57. The van der Waals surface area contributed by atoms with Gasteiger partial charge in [-0.25, -0.2) is 0 Å². The monoisotopic (exact) mass is 547 g/mol. The van der Waals surface area contributed by atoms with Gasteiger partial charge in [-0.05, 0) is 71.4 Å². The molecule has 0 aliphatic carbocycles. The first-order valence-corrected chi connectivity index (χ1v) is 13.5. The number of fused-ring (bicyclic) bond motifs is 1. The second-order valence-electron chi connectivity index (χ2n) is 8.77. The van der Waals surface area contributed by atoms with E-state index in [2.05, 4.69) is 16.0 Å². The highest BCUT2D eigenvalue weighted by molar-refractivity contribution is 8.00. The zero-order chi connectivity index (χ0) is 27.7. The maximum absolute atomic E-state index is 13.1. The van der Waals surface area contributed by atoms with Gasteiger partial charge in [0, 0.05) is 27.9 Å². The predicted molar refractivity (Wildman–Crippen MR) is 159 cm³/mol. The van der Waals surface area contributed by atoms with Crippen molar-refractivity contribution < 1.29 is 18.8 Å². The van der Waals surface area contributed by atoms with Gasteiger partial charge in [0.15, 0.2) is 0 Å². The molecule has 0 fully saturated rings. The standard InChI is InChI=1S/C32H25N3O4S/c36-30(33-26-13-12-22-7-4-5-10-24(22)19-26)21-40-28-16-14-25(15-17-28)34-32(38)29(20-27-11-6-18-39-27)35-31(37)23-8-2-1-3-9-23/h1-20H,21H2,(H,33,36)(H,34,38)(H,35,37)/b29-20-. The van der Waals surface area contributed by atoms with E-state index in [4.69, 9.17) is 4.42 Å². The van der Waals surface area contributed by atoms with Crippen LogP contribution < -0.4 is 16.0 Å². The smallest absolute Gasteiger partial charge is 0.272 e. The lowest BCUT2D eigenvalue weighted by Gasteiger charge is -2.11. The van der Waals surface area contributed by atoms with Crippen LogP contribution in [0.25, 0.3) is 16.8 Å². The van der Waals surface area contributed by atoms with Crippen molar-refractivity contribution in [2.75, 3.05) is 16.4 Å². The van der Waals surface area contributed by atoms with Crippen LogP contribution in [-0.2, 0) is 9.59 Å². The minimum Gasteiger partial charge on any atom is -0.465 e. The second-order valence-corrected chi connectivity index (χ2v) is 9.82. The molecule has 0 saturated carbocycles. The molecule has 0 spiro atoms. The Bertz CT molecular complexity index is 1660. The number of hydrogen-bond donors (Lipinski definition) is 3. The van der Waals surface area contributed by atoms with Crippen molar-refractivity contribution in [2.45, 2.75) is 4.90 Å². The van der Waals surface area contributed by atoms with Crippen LogP contribution in [0.1, 0.15) is 16.1 Å². The first kappa shape index (κ1) is 26.5. The molecule has 0 aliphatic rings. The number of hydrogen-bond acceptors (Lipinski definition) is 5. The Balaban J connectivity index is 1.18. The molecule has 3 N–H and O–H groups in total. The van der Waals surface area contributed by atoms with Crippen LogP contribution in [0, 0.1) is 0 Å². The van der Waals surface area contributed by atoms with Gasteiger partial charge in [0.25, 0.3) is 11.8 Å².